The van der Waals surface area contributed by atoms with Gasteiger partial charge in [-0.2, -0.15) is 5.10 Å². The molecule has 1 aromatic heterocycles. The molecule has 5 heteroatoms. The fraction of sp³-hybridized carbons (Fsp3) is 0.118. The van der Waals surface area contributed by atoms with E-state index in [2.05, 4.69) is 10.2 Å². The van der Waals surface area contributed by atoms with Crippen molar-refractivity contribution in [1.82, 2.24) is 10.2 Å². The smallest absolute Gasteiger partial charge is 0.279 e. The van der Waals surface area contributed by atoms with Crippen molar-refractivity contribution in [2.45, 2.75) is 6.92 Å². The molecule has 110 valence electrons. The van der Waals surface area contributed by atoms with Gasteiger partial charge >= 0.3 is 0 Å². The summed E-state index contributed by atoms with van der Waals surface area (Å²) in [6.07, 6.45) is 0. The summed E-state index contributed by atoms with van der Waals surface area (Å²) in [5.41, 5.74) is 0.753. The molecule has 0 atom stereocenters. The van der Waals surface area contributed by atoms with Crippen LogP contribution in [0.15, 0.2) is 59.4 Å². The van der Waals surface area contributed by atoms with Gasteiger partial charge in [0.05, 0.1) is 5.39 Å². The maximum atomic E-state index is 12.8. The monoisotopic (exact) mass is 293 g/mol. The van der Waals surface area contributed by atoms with Gasteiger partial charge in [-0.15, -0.1) is 0 Å². The fourth-order valence-electron chi connectivity index (χ4n) is 2.46. The molecule has 2 aromatic carbocycles. The lowest BCUT2D eigenvalue weighted by molar-refractivity contribution is 0.0984. The lowest BCUT2D eigenvalue weighted by Gasteiger charge is -2.20. The topological polar surface area (TPSA) is 66.1 Å². The van der Waals surface area contributed by atoms with Crippen LogP contribution in [0.25, 0.3) is 10.8 Å². The average Bonchev–Trinajstić information content (AvgIpc) is 2.57. The van der Waals surface area contributed by atoms with Crippen LogP contribution in [0.4, 0.5) is 5.69 Å². The minimum atomic E-state index is -0.296. The molecule has 3 aromatic rings. The third-order valence-corrected chi connectivity index (χ3v) is 3.53. The number of anilines is 1. The van der Waals surface area contributed by atoms with Crippen LogP contribution in [0.1, 0.15) is 17.4 Å². The van der Waals surface area contributed by atoms with Gasteiger partial charge in [-0.1, -0.05) is 36.4 Å². The average molecular weight is 293 g/mol. The van der Waals surface area contributed by atoms with Crippen molar-refractivity contribution in [3.05, 3.63) is 70.6 Å². The number of carbonyl (C=O) groups excluding carboxylic acids is 1. The molecule has 1 heterocycles. The van der Waals surface area contributed by atoms with E-state index in [-0.39, 0.29) is 17.2 Å². The molecule has 0 unspecified atom stereocenters. The van der Waals surface area contributed by atoms with Crippen molar-refractivity contribution >= 4 is 22.4 Å². The highest BCUT2D eigenvalue weighted by atomic mass is 16.2. The maximum absolute atomic E-state index is 12.8. The number of fused-ring (bicyclic) bond motifs is 1. The summed E-state index contributed by atoms with van der Waals surface area (Å²) >= 11 is 0. The Hall–Kier alpha value is -2.95. The van der Waals surface area contributed by atoms with Crippen molar-refractivity contribution < 1.29 is 4.79 Å². The highest BCUT2D eigenvalue weighted by Crippen LogP contribution is 2.19. The minimum Gasteiger partial charge on any atom is -0.307 e. The summed E-state index contributed by atoms with van der Waals surface area (Å²) in [7, 11) is 0. The summed E-state index contributed by atoms with van der Waals surface area (Å²) < 4.78 is 0. The Kier molecular flexibility index (Phi) is 3.70. The van der Waals surface area contributed by atoms with Gasteiger partial charge in [0, 0.05) is 17.6 Å². The highest BCUT2D eigenvalue weighted by Gasteiger charge is 2.20. The van der Waals surface area contributed by atoms with Crippen LogP contribution in [0.5, 0.6) is 0 Å². The van der Waals surface area contributed by atoms with Crippen LogP contribution < -0.4 is 10.5 Å². The Balaban J connectivity index is 2.13. The molecule has 22 heavy (non-hydrogen) atoms. The molecule has 0 saturated heterocycles. The van der Waals surface area contributed by atoms with Crippen LogP contribution in [0, 0.1) is 0 Å². The Morgan fingerprint density at radius 3 is 2.36 bits per heavy atom. The Labute approximate surface area is 127 Å². The number of carbonyl (C=O) groups is 1. The number of H-pyrrole nitrogens is 1. The van der Waals surface area contributed by atoms with Crippen LogP contribution in [-0.4, -0.2) is 22.6 Å². The predicted octanol–water partition coefficient (Wildman–Crippen LogP) is 2.59. The fourth-order valence-corrected chi connectivity index (χ4v) is 2.46. The molecule has 3 rings (SSSR count). The molecule has 1 N–H and O–H groups in total. The first kappa shape index (κ1) is 14.0. The summed E-state index contributed by atoms with van der Waals surface area (Å²) in [6.45, 7) is 2.41. The normalized spacial score (nSPS) is 10.6. The van der Waals surface area contributed by atoms with Crippen molar-refractivity contribution in [3.63, 3.8) is 0 Å². The predicted molar refractivity (Wildman–Crippen MR) is 86.2 cm³/mol. The number of aromatic amines is 1. The highest BCUT2D eigenvalue weighted by molar-refractivity contribution is 6.12. The van der Waals surface area contributed by atoms with Gasteiger partial charge in [0.25, 0.3) is 11.5 Å². The van der Waals surface area contributed by atoms with Crippen LogP contribution in [0.3, 0.4) is 0 Å². The number of benzene rings is 2. The molecule has 0 aliphatic heterocycles. The number of hydrogen-bond donors (Lipinski definition) is 1. The minimum absolute atomic E-state index is 0.235. The Morgan fingerprint density at radius 1 is 1.05 bits per heavy atom. The second-order valence-electron chi connectivity index (χ2n) is 4.83. The maximum Gasteiger partial charge on any atom is 0.279 e. The van der Waals surface area contributed by atoms with Gasteiger partial charge < -0.3 is 4.90 Å². The lowest BCUT2D eigenvalue weighted by atomic mass is 10.1. The number of amides is 1. The number of rotatable bonds is 3. The van der Waals surface area contributed by atoms with E-state index in [1.165, 1.54) is 0 Å². The van der Waals surface area contributed by atoms with Crippen LogP contribution >= 0.6 is 0 Å². The molecule has 0 bridgehead atoms. The van der Waals surface area contributed by atoms with E-state index in [1.807, 2.05) is 37.3 Å². The van der Waals surface area contributed by atoms with E-state index in [9.17, 15) is 9.59 Å². The molecule has 0 aliphatic rings. The number of hydrogen-bond acceptors (Lipinski definition) is 3. The molecule has 0 aliphatic carbocycles. The first-order chi connectivity index (χ1) is 10.7. The van der Waals surface area contributed by atoms with Crippen molar-refractivity contribution in [2.24, 2.45) is 0 Å². The Bertz CT molecular complexity index is 872. The number of nitrogens with one attached hydrogen (secondary N) is 1. The molecule has 0 saturated carbocycles. The number of nitrogens with zero attached hydrogens (tertiary/aromatic N) is 2. The molecule has 5 nitrogen and oxygen atoms in total. The Morgan fingerprint density at radius 2 is 1.68 bits per heavy atom. The summed E-state index contributed by atoms with van der Waals surface area (Å²) in [5, 5.41) is 7.40. The van der Waals surface area contributed by atoms with Gasteiger partial charge in [-0.3, -0.25) is 9.59 Å². The van der Waals surface area contributed by atoms with E-state index in [0.29, 0.717) is 17.3 Å². The summed E-state index contributed by atoms with van der Waals surface area (Å²) in [5.74, 6) is -0.235. The first-order valence-corrected chi connectivity index (χ1v) is 7.06. The molecule has 1 amide bonds. The molecule has 0 spiro atoms. The molecular formula is C17H15N3O2. The van der Waals surface area contributed by atoms with E-state index in [1.54, 1.807) is 29.2 Å². The zero-order valence-electron chi connectivity index (χ0n) is 12.1. The summed E-state index contributed by atoms with van der Waals surface area (Å²) in [6, 6.07) is 16.4. The standard InChI is InChI=1S/C17H15N3O2/c1-2-20(12-8-4-3-5-9-12)17(22)15-13-10-6-7-11-14(13)16(21)19-18-15/h3-11H,2H2,1H3,(H,19,21). The molecule has 0 fully saturated rings. The second kappa shape index (κ2) is 5.81. The SMILES string of the molecule is CCN(C(=O)c1n[nH]c(=O)c2ccccc12)c1ccccc1. The van der Waals surface area contributed by atoms with Gasteiger partial charge in [0.15, 0.2) is 5.69 Å². The van der Waals surface area contributed by atoms with Gasteiger partial charge in [-0.25, -0.2) is 5.10 Å². The van der Waals surface area contributed by atoms with Gasteiger partial charge in [-0.05, 0) is 25.1 Å². The van der Waals surface area contributed by atoms with Crippen molar-refractivity contribution in [3.8, 4) is 0 Å². The summed E-state index contributed by atoms with van der Waals surface area (Å²) in [4.78, 5) is 26.3. The third kappa shape index (κ3) is 2.37. The van der Waals surface area contributed by atoms with Crippen molar-refractivity contribution in [2.75, 3.05) is 11.4 Å². The zero-order valence-corrected chi connectivity index (χ0v) is 12.1. The van der Waals surface area contributed by atoms with Gasteiger partial charge in [0.1, 0.15) is 0 Å². The van der Waals surface area contributed by atoms with Gasteiger partial charge in [0.2, 0.25) is 0 Å². The first-order valence-electron chi connectivity index (χ1n) is 7.06. The van der Waals surface area contributed by atoms with Crippen molar-refractivity contribution in [1.29, 1.82) is 0 Å². The second-order valence-corrected chi connectivity index (χ2v) is 4.83. The molecule has 0 radical (unpaired) electrons. The quantitative estimate of drug-likeness (QED) is 0.807. The van der Waals surface area contributed by atoms with E-state index < -0.39 is 0 Å². The molecular weight excluding hydrogens is 278 g/mol. The van der Waals surface area contributed by atoms with Crippen LogP contribution in [0.2, 0.25) is 0 Å². The van der Waals surface area contributed by atoms with E-state index in [4.69, 9.17) is 0 Å². The lowest BCUT2D eigenvalue weighted by Crippen LogP contribution is -2.32. The van der Waals surface area contributed by atoms with Crippen LogP contribution in [-0.2, 0) is 0 Å². The van der Waals surface area contributed by atoms with E-state index >= 15 is 0 Å². The number of para-hydroxylation sites is 1. The number of aromatic nitrogens is 2. The van der Waals surface area contributed by atoms with E-state index in [0.717, 1.165) is 5.69 Å². The zero-order chi connectivity index (χ0) is 15.5. The largest absolute Gasteiger partial charge is 0.307 e. The third-order valence-electron chi connectivity index (χ3n) is 3.53.